The van der Waals surface area contributed by atoms with E-state index >= 15 is 4.39 Å². The van der Waals surface area contributed by atoms with Crippen LogP contribution in [0.5, 0.6) is 0 Å². The zero-order chi connectivity index (χ0) is 24.3. The van der Waals surface area contributed by atoms with Crippen molar-refractivity contribution in [2.75, 3.05) is 6.61 Å². The Bertz CT molecular complexity index is 1310. The van der Waals surface area contributed by atoms with Crippen LogP contribution in [-0.4, -0.2) is 41.9 Å². The van der Waals surface area contributed by atoms with Gasteiger partial charge in [0.05, 0.1) is 13.2 Å². The minimum Gasteiger partial charge on any atom is -0.378 e. The molecule has 2 aromatic heterocycles. The lowest BCUT2D eigenvalue weighted by Gasteiger charge is -2.31. The Hall–Kier alpha value is -3.83. The number of halogens is 3. The predicted molar refractivity (Wildman–Crippen MR) is 116 cm³/mol. The van der Waals surface area contributed by atoms with Gasteiger partial charge in [0, 0.05) is 29.4 Å². The molecule has 176 valence electrons. The number of aliphatic hydroxyl groups is 1. The van der Waals surface area contributed by atoms with Crippen molar-refractivity contribution >= 4 is 5.57 Å². The van der Waals surface area contributed by atoms with E-state index in [0.717, 1.165) is 12.1 Å². The summed E-state index contributed by atoms with van der Waals surface area (Å²) in [6, 6.07) is 6.92. The van der Waals surface area contributed by atoms with Gasteiger partial charge in [0.1, 0.15) is 47.1 Å². The Balaban J connectivity index is 1.74. The molecule has 1 unspecified atom stereocenters. The number of benzene rings is 2. The molecule has 8 nitrogen and oxygen atoms in total. The average molecular weight is 470 g/mol. The molecular formula is C23H21F3N6O2. The molecule has 0 aliphatic rings. The molecule has 2 heterocycles. The van der Waals surface area contributed by atoms with Gasteiger partial charge in [-0.2, -0.15) is 20.5 Å². The molecule has 2 N–H and O–H groups in total. The van der Waals surface area contributed by atoms with Crippen molar-refractivity contribution < 1.29 is 23.0 Å². The number of ether oxygens (including phenoxy) is 1. The molecular weight excluding hydrogens is 449 g/mol. The lowest BCUT2D eigenvalue weighted by Crippen LogP contribution is -2.34. The number of hydrogen-bond acceptors (Lipinski definition) is 6. The van der Waals surface area contributed by atoms with Gasteiger partial charge in [0.15, 0.2) is 0 Å². The van der Waals surface area contributed by atoms with E-state index in [1.165, 1.54) is 29.5 Å². The van der Waals surface area contributed by atoms with Crippen LogP contribution in [0.1, 0.15) is 23.7 Å². The number of aromatic amines is 1. The van der Waals surface area contributed by atoms with Crippen LogP contribution in [0, 0.1) is 17.5 Å². The predicted octanol–water partition coefficient (Wildman–Crippen LogP) is 3.62. The van der Waals surface area contributed by atoms with Gasteiger partial charge in [-0.25, -0.2) is 22.8 Å². The second-order valence-corrected chi connectivity index (χ2v) is 7.51. The monoisotopic (exact) mass is 470 g/mol. The fraction of sp³-hybridized carbons (Fsp3) is 0.217. The van der Waals surface area contributed by atoms with Crippen molar-refractivity contribution in [1.29, 1.82) is 0 Å². The van der Waals surface area contributed by atoms with Gasteiger partial charge in [-0.1, -0.05) is 18.7 Å². The SMILES string of the molecule is C=C(c1ccc(-c2n[nH]nc2COCC)cc1F)C(O)(Cn1cncn1)c1ccc(F)cc1F. The fourth-order valence-corrected chi connectivity index (χ4v) is 3.63. The molecule has 11 heteroatoms. The maximum atomic E-state index is 15.3. The molecule has 0 saturated carbocycles. The molecule has 34 heavy (non-hydrogen) atoms. The van der Waals surface area contributed by atoms with Gasteiger partial charge in [-0.15, -0.1) is 0 Å². The highest BCUT2D eigenvalue weighted by Gasteiger charge is 2.38. The smallest absolute Gasteiger partial charge is 0.137 e. The van der Waals surface area contributed by atoms with Crippen LogP contribution in [0.3, 0.4) is 0 Å². The van der Waals surface area contributed by atoms with Gasteiger partial charge < -0.3 is 9.84 Å². The summed E-state index contributed by atoms with van der Waals surface area (Å²) in [5.74, 6) is -2.56. The number of hydrogen-bond donors (Lipinski definition) is 2. The van der Waals surface area contributed by atoms with Crippen molar-refractivity contribution in [3.05, 3.63) is 89.9 Å². The Morgan fingerprint density at radius 3 is 2.65 bits per heavy atom. The van der Waals surface area contributed by atoms with Crippen LogP contribution in [0.4, 0.5) is 13.2 Å². The fourth-order valence-electron chi connectivity index (χ4n) is 3.63. The van der Waals surface area contributed by atoms with Crippen LogP contribution in [0.2, 0.25) is 0 Å². The van der Waals surface area contributed by atoms with E-state index in [1.807, 2.05) is 6.92 Å². The average Bonchev–Trinajstić information content (AvgIpc) is 3.49. The highest BCUT2D eigenvalue weighted by molar-refractivity contribution is 5.75. The molecule has 0 spiro atoms. The molecule has 0 aliphatic carbocycles. The Kier molecular flexibility index (Phi) is 6.57. The summed E-state index contributed by atoms with van der Waals surface area (Å²) in [6.07, 6.45) is 2.54. The van der Waals surface area contributed by atoms with E-state index in [0.29, 0.717) is 29.6 Å². The van der Waals surface area contributed by atoms with Crippen LogP contribution in [0.25, 0.3) is 16.8 Å². The maximum Gasteiger partial charge on any atom is 0.137 e. The molecule has 0 aliphatic heterocycles. The summed E-state index contributed by atoms with van der Waals surface area (Å²) < 4.78 is 50.2. The number of nitrogens with one attached hydrogen (secondary N) is 1. The summed E-state index contributed by atoms with van der Waals surface area (Å²) in [6.45, 7) is 6.03. The molecule has 0 saturated heterocycles. The topological polar surface area (TPSA) is 102 Å². The lowest BCUT2D eigenvalue weighted by atomic mass is 9.82. The zero-order valence-corrected chi connectivity index (χ0v) is 18.2. The Labute approximate surface area is 192 Å². The summed E-state index contributed by atoms with van der Waals surface area (Å²) in [7, 11) is 0. The largest absolute Gasteiger partial charge is 0.378 e. The quantitative estimate of drug-likeness (QED) is 0.388. The first-order valence-electron chi connectivity index (χ1n) is 10.3. The van der Waals surface area contributed by atoms with Crippen LogP contribution >= 0.6 is 0 Å². The third-order valence-electron chi connectivity index (χ3n) is 5.36. The van der Waals surface area contributed by atoms with Crippen LogP contribution in [0.15, 0.2) is 55.6 Å². The highest BCUT2D eigenvalue weighted by atomic mass is 19.1. The van der Waals surface area contributed by atoms with Crippen molar-refractivity contribution in [3.8, 4) is 11.3 Å². The van der Waals surface area contributed by atoms with Crippen molar-refractivity contribution in [3.63, 3.8) is 0 Å². The minimum atomic E-state index is -2.16. The van der Waals surface area contributed by atoms with Gasteiger partial charge in [-0.3, -0.25) is 0 Å². The third kappa shape index (κ3) is 4.47. The first kappa shape index (κ1) is 23.3. The van der Waals surface area contributed by atoms with E-state index in [1.54, 1.807) is 6.07 Å². The maximum absolute atomic E-state index is 15.3. The number of rotatable bonds is 9. The van der Waals surface area contributed by atoms with Gasteiger partial charge >= 0.3 is 0 Å². The molecule has 2 aromatic carbocycles. The third-order valence-corrected chi connectivity index (χ3v) is 5.36. The summed E-state index contributed by atoms with van der Waals surface area (Å²) in [4.78, 5) is 3.81. The Morgan fingerprint density at radius 1 is 1.15 bits per heavy atom. The second-order valence-electron chi connectivity index (χ2n) is 7.51. The molecule has 1 atom stereocenters. The highest BCUT2D eigenvalue weighted by Crippen LogP contribution is 2.39. The van der Waals surface area contributed by atoms with E-state index in [9.17, 15) is 13.9 Å². The standard InChI is InChI=1S/C23H21F3N6O2/c1-3-34-10-21-22(30-31-29-21)15-4-6-17(19(25)8-15)14(2)23(33,11-32-13-27-12-28-32)18-7-5-16(24)9-20(18)26/h4-9,12-13,33H,2-3,10-11H2,1H3,(H,29,30,31). The van der Waals surface area contributed by atoms with Crippen molar-refractivity contribution in [2.24, 2.45) is 0 Å². The lowest BCUT2D eigenvalue weighted by molar-refractivity contribution is 0.0723. The molecule has 0 fully saturated rings. The minimum absolute atomic E-state index is 0.0649. The molecule has 0 radical (unpaired) electrons. The number of nitrogens with zero attached hydrogens (tertiary/aromatic N) is 5. The first-order valence-corrected chi connectivity index (χ1v) is 10.3. The van der Waals surface area contributed by atoms with E-state index < -0.39 is 23.1 Å². The van der Waals surface area contributed by atoms with E-state index in [2.05, 4.69) is 32.1 Å². The van der Waals surface area contributed by atoms with Gasteiger partial charge in [-0.05, 0) is 30.7 Å². The van der Waals surface area contributed by atoms with Gasteiger partial charge in [0.25, 0.3) is 0 Å². The van der Waals surface area contributed by atoms with Crippen LogP contribution in [-0.2, 0) is 23.5 Å². The molecule has 0 bridgehead atoms. The zero-order valence-electron chi connectivity index (χ0n) is 18.2. The molecule has 4 aromatic rings. The van der Waals surface area contributed by atoms with E-state index in [4.69, 9.17) is 4.74 Å². The molecule has 0 amide bonds. The summed E-state index contributed by atoms with van der Waals surface area (Å²) >= 11 is 0. The van der Waals surface area contributed by atoms with Gasteiger partial charge in [0.2, 0.25) is 0 Å². The number of H-pyrrole nitrogens is 1. The second kappa shape index (κ2) is 9.57. The van der Waals surface area contributed by atoms with E-state index in [-0.39, 0.29) is 29.9 Å². The Morgan fingerprint density at radius 2 is 1.97 bits per heavy atom. The van der Waals surface area contributed by atoms with Crippen LogP contribution < -0.4 is 0 Å². The molecule has 4 rings (SSSR count). The summed E-state index contributed by atoms with van der Waals surface area (Å²) in [5.41, 5.74) is -1.33. The normalized spacial score (nSPS) is 13.1. The number of aromatic nitrogens is 6. The summed E-state index contributed by atoms with van der Waals surface area (Å²) in [5, 5.41) is 26.1. The van der Waals surface area contributed by atoms with Crippen molar-refractivity contribution in [2.45, 2.75) is 25.7 Å². The van der Waals surface area contributed by atoms with Crippen molar-refractivity contribution in [1.82, 2.24) is 30.2 Å². The first-order chi connectivity index (χ1) is 16.3.